The molecule has 33 heavy (non-hydrogen) atoms. The van der Waals surface area contributed by atoms with E-state index in [2.05, 4.69) is 17.6 Å². The normalized spacial score (nSPS) is 17.5. The summed E-state index contributed by atoms with van der Waals surface area (Å²) in [6, 6.07) is 12.8. The molecule has 0 bridgehead atoms. The lowest BCUT2D eigenvalue weighted by molar-refractivity contribution is -0.136. The molecule has 8 heteroatoms. The number of rotatable bonds is 7. The number of carbonyl (C=O) groups excluding carboxylic acids is 4. The molecule has 2 aliphatic rings. The van der Waals surface area contributed by atoms with E-state index in [1.807, 2.05) is 36.4 Å². The number of amides is 4. The van der Waals surface area contributed by atoms with Crippen molar-refractivity contribution in [3.63, 3.8) is 0 Å². The fourth-order valence-electron chi connectivity index (χ4n) is 4.18. The molecule has 0 aliphatic carbocycles. The zero-order chi connectivity index (χ0) is 23.4. The molecule has 2 N–H and O–H groups in total. The standard InChI is InChI=1S/C25H27N3O5/c1-2-3-16-4-6-17(7-5-16)15-33-25(32)26-13-18-8-9-19-14-28(24(31)20(19)12-18)21-10-11-22(29)27-23(21)30/h4-9,12,21H,2-3,10-11,13-15H2,1H3,(H,26,32)(H,27,29,30). The highest BCUT2D eigenvalue weighted by molar-refractivity contribution is 6.05. The molecule has 0 saturated carbocycles. The minimum Gasteiger partial charge on any atom is -0.445 e. The third kappa shape index (κ3) is 5.22. The van der Waals surface area contributed by atoms with Crippen LogP contribution in [0.15, 0.2) is 42.5 Å². The number of fused-ring (bicyclic) bond motifs is 1. The second kappa shape index (κ2) is 9.85. The van der Waals surface area contributed by atoms with E-state index in [1.165, 1.54) is 10.5 Å². The largest absolute Gasteiger partial charge is 0.445 e. The predicted octanol–water partition coefficient (Wildman–Crippen LogP) is 2.83. The highest BCUT2D eigenvalue weighted by atomic mass is 16.5. The van der Waals surface area contributed by atoms with Crippen LogP contribution in [0.25, 0.3) is 0 Å². The maximum Gasteiger partial charge on any atom is 0.407 e. The Hall–Kier alpha value is -3.68. The molecule has 1 saturated heterocycles. The molecular weight excluding hydrogens is 422 g/mol. The first-order chi connectivity index (χ1) is 15.9. The average molecular weight is 450 g/mol. The molecule has 0 radical (unpaired) electrons. The van der Waals surface area contributed by atoms with Crippen LogP contribution in [0.3, 0.4) is 0 Å². The van der Waals surface area contributed by atoms with E-state index in [1.54, 1.807) is 6.07 Å². The number of hydrogen-bond acceptors (Lipinski definition) is 5. The van der Waals surface area contributed by atoms with Crippen LogP contribution in [0.5, 0.6) is 0 Å². The van der Waals surface area contributed by atoms with E-state index in [4.69, 9.17) is 4.74 Å². The summed E-state index contributed by atoms with van der Waals surface area (Å²) in [5, 5.41) is 5.00. The van der Waals surface area contributed by atoms with Crippen LogP contribution >= 0.6 is 0 Å². The SMILES string of the molecule is CCCc1ccc(COC(=O)NCc2ccc3c(c2)C(=O)N(C2CCC(=O)NC2=O)C3)cc1. The maximum absolute atomic E-state index is 12.9. The van der Waals surface area contributed by atoms with Gasteiger partial charge >= 0.3 is 6.09 Å². The van der Waals surface area contributed by atoms with Gasteiger partial charge in [0.15, 0.2) is 0 Å². The number of carbonyl (C=O) groups is 4. The fraction of sp³-hybridized carbons (Fsp3) is 0.360. The van der Waals surface area contributed by atoms with Crippen molar-refractivity contribution in [1.29, 1.82) is 0 Å². The van der Waals surface area contributed by atoms with Gasteiger partial charge in [0.1, 0.15) is 12.6 Å². The molecule has 2 aliphatic heterocycles. The summed E-state index contributed by atoms with van der Waals surface area (Å²) in [4.78, 5) is 50.0. The summed E-state index contributed by atoms with van der Waals surface area (Å²) in [7, 11) is 0. The average Bonchev–Trinajstić information content (AvgIpc) is 3.13. The van der Waals surface area contributed by atoms with Gasteiger partial charge in [-0.25, -0.2) is 4.79 Å². The van der Waals surface area contributed by atoms with Gasteiger partial charge in [0.05, 0.1) is 0 Å². The Morgan fingerprint density at radius 1 is 1.09 bits per heavy atom. The van der Waals surface area contributed by atoms with Gasteiger partial charge in [0.2, 0.25) is 11.8 Å². The second-order valence-corrected chi connectivity index (χ2v) is 8.39. The Balaban J connectivity index is 1.30. The molecule has 4 rings (SSSR count). The van der Waals surface area contributed by atoms with Crippen LogP contribution in [0.2, 0.25) is 0 Å². The van der Waals surface area contributed by atoms with Crippen molar-refractivity contribution in [2.75, 3.05) is 0 Å². The van der Waals surface area contributed by atoms with Crippen LogP contribution < -0.4 is 10.6 Å². The van der Waals surface area contributed by atoms with Crippen LogP contribution in [-0.4, -0.2) is 34.8 Å². The second-order valence-electron chi connectivity index (χ2n) is 8.39. The molecule has 0 spiro atoms. The topological polar surface area (TPSA) is 105 Å². The van der Waals surface area contributed by atoms with Gasteiger partial charge < -0.3 is 15.0 Å². The van der Waals surface area contributed by atoms with Gasteiger partial charge in [-0.15, -0.1) is 0 Å². The summed E-state index contributed by atoms with van der Waals surface area (Å²) in [6.45, 7) is 2.86. The van der Waals surface area contributed by atoms with Crippen molar-refractivity contribution in [2.45, 2.75) is 58.3 Å². The number of ether oxygens (including phenoxy) is 1. The molecule has 2 aromatic rings. The monoisotopic (exact) mass is 449 g/mol. The summed E-state index contributed by atoms with van der Waals surface area (Å²) in [5.74, 6) is -0.985. The molecule has 1 atom stereocenters. The molecule has 2 heterocycles. The van der Waals surface area contributed by atoms with E-state index < -0.39 is 18.0 Å². The molecule has 1 unspecified atom stereocenters. The van der Waals surface area contributed by atoms with E-state index in [-0.39, 0.29) is 31.4 Å². The number of aryl methyl sites for hydroxylation is 1. The van der Waals surface area contributed by atoms with Crippen molar-refractivity contribution in [2.24, 2.45) is 0 Å². The zero-order valence-corrected chi connectivity index (χ0v) is 18.6. The van der Waals surface area contributed by atoms with Crippen molar-refractivity contribution in [3.8, 4) is 0 Å². The van der Waals surface area contributed by atoms with Gasteiger partial charge in [-0.1, -0.05) is 49.7 Å². The van der Waals surface area contributed by atoms with Crippen molar-refractivity contribution in [3.05, 3.63) is 70.3 Å². The first-order valence-electron chi connectivity index (χ1n) is 11.2. The van der Waals surface area contributed by atoms with E-state index in [0.717, 1.165) is 29.5 Å². The van der Waals surface area contributed by atoms with Crippen LogP contribution in [0, 0.1) is 0 Å². The maximum atomic E-state index is 12.9. The van der Waals surface area contributed by atoms with Gasteiger partial charge in [-0.05, 0) is 41.2 Å². The molecule has 8 nitrogen and oxygen atoms in total. The molecular formula is C25H27N3O5. The predicted molar refractivity (Wildman–Crippen MR) is 120 cm³/mol. The first kappa shape index (κ1) is 22.5. The Kier molecular flexibility index (Phi) is 6.72. The van der Waals surface area contributed by atoms with Gasteiger partial charge in [0.25, 0.3) is 5.91 Å². The van der Waals surface area contributed by atoms with E-state index >= 15 is 0 Å². The third-order valence-electron chi connectivity index (χ3n) is 5.96. The number of hydrogen-bond donors (Lipinski definition) is 2. The minimum absolute atomic E-state index is 0.182. The highest BCUT2D eigenvalue weighted by Crippen LogP contribution is 2.28. The Bertz CT molecular complexity index is 1080. The summed E-state index contributed by atoms with van der Waals surface area (Å²) in [6.07, 6.45) is 2.12. The van der Waals surface area contributed by atoms with Crippen LogP contribution in [0.1, 0.15) is 58.8 Å². The minimum atomic E-state index is -0.643. The van der Waals surface area contributed by atoms with E-state index in [0.29, 0.717) is 18.5 Å². The van der Waals surface area contributed by atoms with Gasteiger partial charge in [-0.3, -0.25) is 19.7 Å². The molecule has 172 valence electrons. The number of alkyl carbamates (subject to hydrolysis) is 1. The molecule has 0 aromatic heterocycles. The number of piperidine rings is 1. The number of nitrogens with one attached hydrogen (secondary N) is 2. The zero-order valence-electron chi connectivity index (χ0n) is 18.6. The smallest absolute Gasteiger partial charge is 0.407 e. The first-order valence-corrected chi connectivity index (χ1v) is 11.2. The lowest BCUT2D eigenvalue weighted by atomic mass is 10.0. The summed E-state index contributed by atoms with van der Waals surface area (Å²) >= 11 is 0. The summed E-state index contributed by atoms with van der Waals surface area (Å²) < 4.78 is 5.28. The fourth-order valence-corrected chi connectivity index (χ4v) is 4.18. The Labute approximate surface area is 192 Å². The third-order valence-corrected chi connectivity index (χ3v) is 5.96. The lowest BCUT2D eigenvalue weighted by Crippen LogP contribution is -2.52. The molecule has 4 amide bonds. The Morgan fingerprint density at radius 3 is 2.55 bits per heavy atom. The number of imide groups is 1. The lowest BCUT2D eigenvalue weighted by Gasteiger charge is -2.29. The van der Waals surface area contributed by atoms with E-state index in [9.17, 15) is 19.2 Å². The Morgan fingerprint density at radius 2 is 1.82 bits per heavy atom. The number of benzene rings is 2. The molecule has 1 fully saturated rings. The van der Waals surface area contributed by atoms with Crippen molar-refractivity contribution < 1.29 is 23.9 Å². The van der Waals surface area contributed by atoms with Crippen LogP contribution in [-0.2, 0) is 40.4 Å². The quantitative estimate of drug-likeness (QED) is 0.633. The summed E-state index contributed by atoms with van der Waals surface area (Å²) in [5.41, 5.74) is 4.27. The molecule has 2 aromatic carbocycles. The van der Waals surface area contributed by atoms with Crippen molar-refractivity contribution >= 4 is 23.8 Å². The van der Waals surface area contributed by atoms with Gasteiger partial charge in [-0.2, -0.15) is 0 Å². The van der Waals surface area contributed by atoms with Crippen LogP contribution in [0.4, 0.5) is 4.79 Å². The van der Waals surface area contributed by atoms with Gasteiger partial charge in [0, 0.05) is 25.1 Å². The highest BCUT2D eigenvalue weighted by Gasteiger charge is 2.39. The number of nitrogens with zero attached hydrogens (tertiary/aromatic N) is 1. The van der Waals surface area contributed by atoms with Crippen molar-refractivity contribution in [1.82, 2.24) is 15.5 Å².